The molecule has 1 saturated heterocycles. The number of carbonyl (C=O) groups is 1. The highest BCUT2D eigenvalue weighted by Crippen LogP contribution is 2.26. The number of hydrogen-bond acceptors (Lipinski definition) is 4. The van der Waals surface area contributed by atoms with Gasteiger partial charge in [-0.25, -0.2) is 9.37 Å². The molecule has 4 nitrogen and oxygen atoms in total. The Morgan fingerprint density at radius 2 is 2.38 bits per heavy atom. The van der Waals surface area contributed by atoms with Gasteiger partial charge in [-0.05, 0) is 43.4 Å². The van der Waals surface area contributed by atoms with Crippen LogP contribution in [0.2, 0.25) is 0 Å². The van der Waals surface area contributed by atoms with Crippen LogP contribution in [-0.2, 0) is 11.2 Å². The SMILES string of the molecule is Cc1cc(CCC(=O)NCC2CCCN2c2nccs2)ccc1F. The first-order valence-electron chi connectivity index (χ1n) is 8.31. The molecule has 0 radical (unpaired) electrons. The van der Waals surface area contributed by atoms with Crippen molar-refractivity contribution in [3.63, 3.8) is 0 Å². The van der Waals surface area contributed by atoms with Gasteiger partial charge in [-0.15, -0.1) is 11.3 Å². The summed E-state index contributed by atoms with van der Waals surface area (Å²) in [6, 6.07) is 5.35. The third-order valence-corrected chi connectivity index (χ3v) is 5.25. The predicted molar refractivity (Wildman–Crippen MR) is 94.9 cm³/mol. The molecule has 0 aliphatic carbocycles. The Morgan fingerprint density at radius 1 is 1.50 bits per heavy atom. The van der Waals surface area contributed by atoms with Crippen molar-refractivity contribution in [1.29, 1.82) is 0 Å². The van der Waals surface area contributed by atoms with Crippen LogP contribution in [0.25, 0.3) is 0 Å². The number of carbonyl (C=O) groups excluding carboxylic acids is 1. The van der Waals surface area contributed by atoms with E-state index in [1.165, 1.54) is 6.07 Å². The van der Waals surface area contributed by atoms with Crippen molar-refractivity contribution in [2.24, 2.45) is 0 Å². The van der Waals surface area contributed by atoms with Gasteiger partial charge in [0.2, 0.25) is 5.91 Å². The number of anilines is 1. The Kier molecular flexibility index (Phi) is 5.45. The summed E-state index contributed by atoms with van der Waals surface area (Å²) in [5.41, 5.74) is 1.62. The molecule has 1 atom stereocenters. The summed E-state index contributed by atoms with van der Waals surface area (Å²) in [6.45, 7) is 3.40. The molecule has 6 heteroatoms. The van der Waals surface area contributed by atoms with E-state index in [-0.39, 0.29) is 11.7 Å². The Labute approximate surface area is 145 Å². The Hall–Kier alpha value is -1.95. The number of thiazole rings is 1. The molecule has 1 unspecified atom stereocenters. The molecule has 0 saturated carbocycles. The maximum absolute atomic E-state index is 13.3. The second-order valence-corrected chi connectivity index (χ2v) is 7.06. The summed E-state index contributed by atoms with van der Waals surface area (Å²) in [4.78, 5) is 18.8. The lowest BCUT2D eigenvalue weighted by Crippen LogP contribution is -2.40. The summed E-state index contributed by atoms with van der Waals surface area (Å²) in [5.74, 6) is -0.158. The standard InChI is InChI=1S/C18H22FN3OS/c1-13-11-14(4-6-16(13)19)5-7-17(23)21-12-15-3-2-9-22(15)18-20-8-10-24-18/h4,6,8,10-11,15H,2-3,5,7,9,12H2,1H3,(H,21,23). The van der Waals surface area contributed by atoms with Gasteiger partial charge in [0.25, 0.3) is 0 Å². The van der Waals surface area contributed by atoms with Gasteiger partial charge in [-0.1, -0.05) is 12.1 Å². The molecule has 1 aromatic heterocycles. The summed E-state index contributed by atoms with van der Waals surface area (Å²) in [5, 5.41) is 6.05. The molecular weight excluding hydrogens is 325 g/mol. The zero-order chi connectivity index (χ0) is 16.9. The van der Waals surface area contributed by atoms with Crippen molar-refractivity contribution in [2.75, 3.05) is 18.0 Å². The molecule has 1 aliphatic heterocycles. The minimum atomic E-state index is -0.202. The lowest BCUT2D eigenvalue weighted by molar-refractivity contribution is -0.121. The first-order valence-corrected chi connectivity index (χ1v) is 9.19. The van der Waals surface area contributed by atoms with Crippen LogP contribution in [0.4, 0.5) is 9.52 Å². The fourth-order valence-electron chi connectivity index (χ4n) is 3.10. The molecule has 128 valence electrons. The van der Waals surface area contributed by atoms with Gasteiger partial charge in [-0.2, -0.15) is 0 Å². The van der Waals surface area contributed by atoms with Crippen LogP contribution >= 0.6 is 11.3 Å². The summed E-state index contributed by atoms with van der Waals surface area (Å²) < 4.78 is 13.3. The first kappa shape index (κ1) is 16.9. The quantitative estimate of drug-likeness (QED) is 0.872. The molecule has 2 aromatic rings. The predicted octanol–water partition coefficient (Wildman–Crippen LogP) is 3.31. The average Bonchev–Trinajstić information content (AvgIpc) is 3.24. The van der Waals surface area contributed by atoms with Gasteiger partial charge in [0.05, 0.1) is 0 Å². The normalized spacial score (nSPS) is 17.2. The van der Waals surface area contributed by atoms with Gasteiger partial charge < -0.3 is 10.2 Å². The highest BCUT2D eigenvalue weighted by atomic mass is 32.1. The Bertz CT molecular complexity index is 690. The van der Waals surface area contributed by atoms with Crippen molar-refractivity contribution < 1.29 is 9.18 Å². The number of benzene rings is 1. The molecular formula is C18H22FN3OS. The Balaban J connectivity index is 1.46. The summed E-state index contributed by atoms with van der Waals surface area (Å²) >= 11 is 1.64. The van der Waals surface area contributed by atoms with Gasteiger partial charge in [0.1, 0.15) is 5.82 Å². The number of halogens is 1. The Morgan fingerprint density at radius 3 is 3.12 bits per heavy atom. The lowest BCUT2D eigenvalue weighted by atomic mass is 10.1. The number of aryl methyl sites for hydroxylation is 2. The van der Waals surface area contributed by atoms with E-state index in [1.807, 2.05) is 17.6 Å². The van der Waals surface area contributed by atoms with E-state index in [2.05, 4.69) is 15.2 Å². The van der Waals surface area contributed by atoms with E-state index < -0.39 is 0 Å². The number of amides is 1. The molecule has 1 aliphatic rings. The molecule has 0 bridgehead atoms. The maximum Gasteiger partial charge on any atom is 0.220 e. The number of aromatic nitrogens is 1. The van der Waals surface area contributed by atoms with Gasteiger partial charge >= 0.3 is 0 Å². The van der Waals surface area contributed by atoms with Crippen molar-refractivity contribution in [1.82, 2.24) is 10.3 Å². The average molecular weight is 347 g/mol. The topological polar surface area (TPSA) is 45.2 Å². The van der Waals surface area contributed by atoms with Crippen LogP contribution < -0.4 is 10.2 Å². The highest BCUT2D eigenvalue weighted by Gasteiger charge is 2.26. The van der Waals surface area contributed by atoms with Crippen molar-refractivity contribution in [3.05, 3.63) is 46.7 Å². The van der Waals surface area contributed by atoms with Crippen molar-refractivity contribution in [2.45, 2.75) is 38.6 Å². The van der Waals surface area contributed by atoms with Gasteiger partial charge in [0, 0.05) is 37.1 Å². The van der Waals surface area contributed by atoms with E-state index in [0.29, 0.717) is 31.0 Å². The van der Waals surface area contributed by atoms with E-state index in [0.717, 1.165) is 30.1 Å². The van der Waals surface area contributed by atoms with E-state index in [9.17, 15) is 9.18 Å². The molecule has 1 fully saturated rings. The summed E-state index contributed by atoms with van der Waals surface area (Å²) in [6.07, 6.45) is 5.09. The number of hydrogen-bond donors (Lipinski definition) is 1. The molecule has 1 aromatic carbocycles. The van der Waals surface area contributed by atoms with Gasteiger partial charge in [-0.3, -0.25) is 4.79 Å². The molecule has 1 N–H and O–H groups in total. The van der Waals surface area contributed by atoms with Crippen LogP contribution in [0.1, 0.15) is 30.4 Å². The smallest absolute Gasteiger partial charge is 0.220 e. The van der Waals surface area contributed by atoms with E-state index >= 15 is 0 Å². The number of nitrogens with zero attached hydrogens (tertiary/aromatic N) is 2. The lowest BCUT2D eigenvalue weighted by Gasteiger charge is -2.24. The number of nitrogens with one attached hydrogen (secondary N) is 1. The monoisotopic (exact) mass is 347 g/mol. The van der Waals surface area contributed by atoms with Crippen LogP contribution in [0.15, 0.2) is 29.8 Å². The second-order valence-electron chi connectivity index (χ2n) is 6.19. The molecule has 2 heterocycles. The second kappa shape index (κ2) is 7.75. The zero-order valence-electron chi connectivity index (χ0n) is 13.8. The van der Waals surface area contributed by atoms with Crippen molar-refractivity contribution >= 4 is 22.4 Å². The molecule has 24 heavy (non-hydrogen) atoms. The molecule has 0 spiro atoms. The third kappa shape index (κ3) is 4.12. The molecule has 1 amide bonds. The van der Waals surface area contributed by atoms with E-state index in [1.54, 1.807) is 24.3 Å². The van der Waals surface area contributed by atoms with E-state index in [4.69, 9.17) is 0 Å². The highest BCUT2D eigenvalue weighted by molar-refractivity contribution is 7.13. The van der Waals surface area contributed by atoms with Crippen LogP contribution in [0.5, 0.6) is 0 Å². The van der Waals surface area contributed by atoms with Crippen LogP contribution in [0, 0.1) is 12.7 Å². The molecule has 3 rings (SSSR count). The minimum absolute atomic E-state index is 0.0444. The minimum Gasteiger partial charge on any atom is -0.354 e. The maximum atomic E-state index is 13.3. The van der Waals surface area contributed by atoms with Gasteiger partial charge in [0.15, 0.2) is 5.13 Å². The van der Waals surface area contributed by atoms with Crippen LogP contribution in [0.3, 0.4) is 0 Å². The fourth-order valence-corrected chi connectivity index (χ4v) is 3.84. The summed E-state index contributed by atoms with van der Waals surface area (Å²) in [7, 11) is 0. The van der Waals surface area contributed by atoms with Crippen molar-refractivity contribution in [3.8, 4) is 0 Å². The number of rotatable bonds is 6. The first-order chi connectivity index (χ1) is 11.6. The third-order valence-electron chi connectivity index (χ3n) is 4.44. The zero-order valence-corrected chi connectivity index (χ0v) is 14.6. The van der Waals surface area contributed by atoms with Crippen LogP contribution in [-0.4, -0.2) is 30.0 Å². The fraction of sp³-hybridized carbons (Fsp3) is 0.444. The largest absolute Gasteiger partial charge is 0.354 e.